The molecule has 2 aromatic rings. The maximum Gasteiger partial charge on any atom is 0.191 e. The lowest BCUT2D eigenvalue weighted by atomic mass is 10.2. The Morgan fingerprint density at radius 2 is 2.11 bits per heavy atom. The molecule has 0 saturated heterocycles. The second kappa shape index (κ2) is 6.83. The lowest BCUT2D eigenvalue weighted by molar-refractivity contribution is 0.726. The second-order valence-corrected chi connectivity index (χ2v) is 4.59. The van der Waals surface area contributed by atoms with E-state index < -0.39 is 0 Å². The minimum absolute atomic E-state index is 0.750. The van der Waals surface area contributed by atoms with Crippen molar-refractivity contribution in [3.05, 3.63) is 36.0 Å². The van der Waals surface area contributed by atoms with Gasteiger partial charge in [0.05, 0.1) is 6.54 Å². The van der Waals surface area contributed by atoms with Gasteiger partial charge < -0.3 is 15.6 Å². The van der Waals surface area contributed by atoms with E-state index in [9.17, 15) is 0 Å². The monoisotopic (exact) mass is 258 g/mol. The van der Waals surface area contributed by atoms with Crippen LogP contribution in [0.15, 0.2) is 35.3 Å². The molecule has 102 valence electrons. The quantitative estimate of drug-likeness (QED) is 0.439. The number of para-hydroxylation sites is 1. The summed E-state index contributed by atoms with van der Waals surface area (Å²) in [5.41, 5.74) is 2.34. The van der Waals surface area contributed by atoms with Crippen LogP contribution in [0.4, 0.5) is 0 Å². The number of aliphatic imine (C=N–C) groups is 1. The number of aromatic amines is 1. The molecule has 0 spiro atoms. The van der Waals surface area contributed by atoms with Crippen LogP contribution in [0, 0.1) is 0 Å². The number of guanidine groups is 1. The molecule has 0 aliphatic rings. The highest BCUT2D eigenvalue weighted by molar-refractivity contribution is 5.81. The van der Waals surface area contributed by atoms with E-state index in [0.29, 0.717) is 0 Å². The molecule has 0 radical (unpaired) electrons. The van der Waals surface area contributed by atoms with Crippen LogP contribution in [0.25, 0.3) is 10.9 Å². The van der Waals surface area contributed by atoms with Crippen LogP contribution in [0.2, 0.25) is 0 Å². The lowest BCUT2D eigenvalue weighted by Gasteiger charge is -2.10. The van der Waals surface area contributed by atoms with Crippen molar-refractivity contribution in [1.29, 1.82) is 0 Å². The highest BCUT2D eigenvalue weighted by Gasteiger charge is 2.01. The minimum atomic E-state index is 0.750. The van der Waals surface area contributed by atoms with Crippen molar-refractivity contribution in [1.82, 2.24) is 15.6 Å². The zero-order valence-corrected chi connectivity index (χ0v) is 11.7. The summed E-state index contributed by atoms with van der Waals surface area (Å²) in [6, 6.07) is 10.5. The van der Waals surface area contributed by atoms with E-state index in [2.05, 4.69) is 51.8 Å². The molecule has 19 heavy (non-hydrogen) atoms. The van der Waals surface area contributed by atoms with E-state index in [4.69, 9.17) is 0 Å². The molecule has 1 heterocycles. The molecule has 0 saturated carbocycles. The predicted octanol–water partition coefficient (Wildman–Crippen LogP) is 2.63. The van der Waals surface area contributed by atoms with Crippen molar-refractivity contribution in [2.45, 2.75) is 26.3 Å². The van der Waals surface area contributed by atoms with E-state index in [1.54, 1.807) is 7.05 Å². The van der Waals surface area contributed by atoms with E-state index in [-0.39, 0.29) is 0 Å². The Morgan fingerprint density at radius 3 is 2.84 bits per heavy atom. The molecule has 2 rings (SSSR count). The number of unbranched alkanes of at least 4 members (excludes halogenated alkanes) is 1. The summed E-state index contributed by atoms with van der Waals surface area (Å²) in [5.74, 6) is 0.854. The van der Waals surface area contributed by atoms with Gasteiger partial charge in [-0.25, -0.2) is 0 Å². The Balaban J connectivity index is 1.90. The fourth-order valence-corrected chi connectivity index (χ4v) is 2.01. The Morgan fingerprint density at radius 1 is 1.26 bits per heavy atom. The standard InChI is InChI=1S/C15H22N4/c1-3-4-9-17-15(16-2)18-11-13-10-12-7-5-6-8-14(12)19-13/h5-8,10,19H,3-4,9,11H2,1-2H3,(H2,16,17,18). The third kappa shape index (κ3) is 3.74. The molecule has 1 aromatic carbocycles. The van der Waals surface area contributed by atoms with Crippen molar-refractivity contribution >= 4 is 16.9 Å². The van der Waals surface area contributed by atoms with E-state index in [1.807, 2.05) is 6.07 Å². The molecular formula is C15H22N4. The second-order valence-electron chi connectivity index (χ2n) is 4.59. The predicted molar refractivity (Wildman–Crippen MR) is 81.4 cm³/mol. The smallest absolute Gasteiger partial charge is 0.191 e. The lowest BCUT2D eigenvalue weighted by Crippen LogP contribution is -2.37. The molecule has 0 aliphatic carbocycles. The number of hydrogen-bond donors (Lipinski definition) is 3. The minimum Gasteiger partial charge on any atom is -0.357 e. The number of nitrogens with zero attached hydrogens (tertiary/aromatic N) is 1. The van der Waals surface area contributed by atoms with E-state index in [0.717, 1.165) is 25.5 Å². The topological polar surface area (TPSA) is 52.2 Å². The molecule has 0 unspecified atom stereocenters. The fraction of sp³-hybridized carbons (Fsp3) is 0.400. The zero-order valence-electron chi connectivity index (χ0n) is 11.7. The Kier molecular flexibility index (Phi) is 4.84. The van der Waals surface area contributed by atoms with Crippen LogP contribution >= 0.6 is 0 Å². The number of nitrogens with one attached hydrogen (secondary N) is 3. The van der Waals surface area contributed by atoms with Gasteiger partial charge in [0.2, 0.25) is 0 Å². The maximum absolute atomic E-state index is 4.21. The summed E-state index contributed by atoms with van der Waals surface area (Å²) in [4.78, 5) is 7.61. The Hall–Kier alpha value is -1.97. The molecular weight excluding hydrogens is 236 g/mol. The van der Waals surface area contributed by atoms with Gasteiger partial charge in [-0.3, -0.25) is 4.99 Å². The van der Waals surface area contributed by atoms with Gasteiger partial charge in [0, 0.05) is 24.8 Å². The summed E-state index contributed by atoms with van der Waals surface area (Å²) in [5, 5.41) is 7.86. The maximum atomic E-state index is 4.21. The highest BCUT2D eigenvalue weighted by Crippen LogP contribution is 2.14. The van der Waals surface area contributed by atoms with E-state index in [1.165, 1.54) is 23.0 Å². The highest BCUT2D eigenvalue weighted by atomic mass is 15.2. The van der Waals surface area contributed by atoms with Gasteiger partial charge in [0.1, 0.15) is 0 Å². The number of hydrogen-bond acceptors (Lipinski definition) is 1. The number of benzene rings is 1. The van der Waals surface area contributed by atoms with Gasteiger partial charge in [-0.15, -0.1) is 0 Å². The van der Waals surface area contributed by atoms with Gasteiger partial charge >= 0.3 is 0 Å². The van der Waals surface area contributed by atoms with Gasteiger partial charge in [-0.2, -0.15) is 0 Å². The normalized spacial score (nSPS) is 11.8. The molecule has 0 bridgehead atoms. The number of fused-ring (bicyclic) bond motifs is 1. The van der Waals surface area contributed by atoms with E-state index >= 15 is 0 Å². The van der Waals surface area contributed by atoms with Gasteiger partial charge in [-0.1, -0.05) is 31.5 Å². The number of aromatic nitrogens is 1. The van der Waals surface area contributed by atoms with Crippen molar-refractivity contribution < 1.29 is 0 Å². The third-order valence-electron chi connectivity index (χ3n) is 3.08. The first-order valence-electron chi connectivity index (χ1n) is 6.84. The van der Waals surface area contributed by atoms with Crippen LogP contribution in [-0.2, 0) is 6.54 Å². The van der Waals surface area contributed by atoms with Crippen LogP contribution in [0.3, 0.4) is 0 Å². The third-order valence-corrected chi connectivity index (χ3v) is 3.08. The summed E-state index contributed by atoms with van der Waals surface area (Å²) >= 11 is 0. The summed E-state index contributed by atoms with van der Waals surface area (Å²) in [6.07, 6.45) is 2.35. The van der Waals surface area contributed by atoms with Crippen LogP contribution < -0.4 is 10.6 Å². The summed E-state index contributed by atoms with van der Waals surface area (Å²) in [7, 11) is 1.80. The number of rotatable bonds is 5. The van der Waals surface area contributed by atoms with Crippen molar-refractivity contribution in [2.24, 2.45) is 4.99 Å². The Bertz CT molecular complexity index is 509. The van der Waals surface area contributed by atoms with Gasteiger partial charge in [0.15, 0.2) is 5.96 Å². The summed E-state index contributed by atoms with van der Waals surface area (Å²) < 4.78 is 0. The molecule has 3 N–H and O–H groups in total. The average Bonchev–Trinajstić information content (AvgIpc) is 2.85. The molecule has 1 aromatic heterocycles. The molecule has 0 amide bonds. The van der Waals surface area contributed by atoms with Crippen molar-refractivity contribution in [3.8, 4) is 0 Å². The molecule has 0 aliphatic heterocycles. The average molecular weight is 258 g/mol. The first kappa shape index (κ1) is 13.5. The molecule has 4 heteroatoms. The van der Waals surface area contributed by atoms with Crippen LogP contribution in [-0.4, -0.2) is 24.5 Å². The first-order chi connectivity index (χ1) is 9.33. The SMILES string of the molecule is CCCCNC(=NC)NCc1cc2ccccc2[nH]1. The van der Waals surface area contributed by atoms with Crippen molar-refractivity contribution in [3.63, 3.8) is 0 Å². The molecule has 4 nitrogen and oxygen atoms in total. The fourth-order valence-electron chi connectivity index (χ4n) is 2.01. The Labute approximate surface area is 114 Å². The van der Waals surface area contributed by atoms with Gasteiger partial charge in [0.25, 0.3) is 0 Å². The van der Waals surface area contributed by atoms with Crippen LogP contribution in [0.1, 0.15) is 25.5 Å². The molecule has 0 fully saturated rings. The first-order valence-corrected chi connectivity index (χ1v) is 6.84. The zero-order chi connectivity index (χ0) is 13.5. The summed E-state index contributed by atoms with van der Waals surface area (Å²) in [6.45, 7) is 3.89. The van der Waals surface area contributed by atoms with Crippen LogP contribution in [0.5, 0.6) is 0 Å². The van der Waals surface area contributed by atoms with Crippen molar-refractivity contribution in [2.75, 3.05) is 13.6 Å². The molecule has 0 atom stereocenters. The van der Waals surface area contributed by atoms with Gasteiger partial charge in [-0.05, 0) is 23.9 Å². The largest absolute Gasteiger partial charge is 0.357 e. The number of H-pyrrole nitrogens is 1.